The first kappa shape index (κ1) is 11.1. The van der Waals surface area contributed by atoms with Gasteiger partial charge in [-0.1, -0.05) is 6.42 Å². The normalized spacial score (nSPS) is 17.5. The van der Waals surface area contributed by atoms with Crippen LogP contribution in [-0.4, -0.2) is 45.2 Å². The molecule has 88 valence electrons. The Balaban J connectivity index is 1.81. The summed E-state index contributed by atoms with van der Waals surface area (Å²) >= 11 is 0. The Morgan fingerprint density at radius 2 is 2.06 bits per heavy atom. The van der Waals surface area contributed by atoms with Gasteiger partial charge in [0.1, 0.15) is 0 Å². The van der Waals surface area contributed by atoms with Crippen LogP contribution in [0.3, 0.4) is 0 Å². The summed E-state index contributed by atoms with van der Waals surface area (Å²) < 4.78 is 1.85. The number of carboxylic acids is 1. The summed E-state index contributed by atoms with van der Waals surface area (Å²) in [7, 11) is 0. The summed E-state index contributed by atoms with van der Waals surface area (Å²) in [6, 6.07) is 0. The highest BCUT2D eigenvalue weighted by atomic mass is 16.4. The maximum atomic E-state index is 10.6. The smallest absolute Gasteiger partial charge is 0.356 e. The number of carboxylic acid groups (broad SMARTS) is 1. The second-order valence-corrected chi connectivity index (χ2v) is 4.20. The van der Waals surface area contributed by atoms with Gasteiger partial charge in [-0.25, -0.2) is 9.78 Å². The van der Waals surface area contributed by atoms with Crippen LogP contribution in [0, 0.1) is 0 Å². The third-order valence-corrected chi connectivity index (χ3v) is 2.98. The van der Waals surface area contributed by atoms with Crippen molar-refractivity contribution in [2.24, 2.45) is 0 Å². The van der Waals surface area contributed by atoms with Gasteiger partial charge in [0.25, 0.3) is 0 Å². The number of hydrogen-bond acceptors (Lipinski definition) is 3. The molecule has 0 aliphatic carbocycles. The largest absolute Gasteiger partial charge is 0.476 e. The highest BCUT2D eigenvalue weighted by Gasteiger charge is 2.10. The predicted octanol–water partition coefficient (Wildman–Crippen LogP) is 1.07. The summed E-state index contributed by atoms with van der Waals surface area (Å²) in [4.78, 5) is 16.9. The lowest BCUT2D eigenvalue weighted by Gasteiger charge is -2.26. The second-order valence-electron chi connectivity index (χ2n) is 4.20. The van der Waals surface area contributed by atoms with Crippen molar-refractivity contribution in [1.82, 2.24) is 14.5 Å². The fraction of sp³-hybridized carbons (Fsp3) is 0.636. The molecular formula is C11H17N3O2. The van der Waals surface area contributed by atoms with Crippen molar-refractivity contribution in [3.63, 3.8) is 0 Å². The summed E-state index contributed by atoms with van der Waals surface area (Å²) in [5.74, 6) is -0.961. The van der Waals surface area contributed by atoms with Crippen LogP contribution in [0.15, 0.2) is 12.5 Å². The van der Waals surface area contributed by atoms with E-state index < -0.39 is 5.97 Å². The van der Waals surface area contributed by atoms with E-state index in [0.29, 0.717) is 0 Å². The van der Waals surface area contributed by atoms with Crippen LogP contribution in [0.1, 0.15) is 29.8 Å². The SMILES string of the molecule is O=C(O)c1cn(CCN2CCCCC2)cn1. The zero-order valence-electron chi connectivity index (χ0n) is 9.30. The van der Waals surface area contributed by atoms with E-state index in [1.807, 2.05) is 4.57 Å². The minimum atomic E-state index is -0.961. The minimum absolute atomic E-state index is 0.124. The van der Waals surface area contributed by atoms with E-state index in [9.17, 15) is 4.79 Å². The number of likely N-dealkylation sites (tertiary alicyclic amines) is 1. The summed E-state index contributed by atoms with van der Waals surface area (Å²) in [5, 5.41) is 8.73. The van der Waals surface area contributed by atoms with Crippen LogP contribution in [0.5, 0.6) is 0 Å². The molecule has 0 amide bonds. The maximum Gasteiger partial charge on any atom is 0.356 e. The molecular weight excluding hydrogens is 206 g/mol. The average Bonchev–Trinajstić information content (AvgIpc) is 2.76. The van der Waals surface area contributed by atoms with Crippen LogP contribution in [-0.2, 0) is 6.54 Å². The van der Waals surface area contributed by atoms with Crippen molar-refractivity contribution < 1.29 is 9.90 Å². The molecule has 5 nitrogen and oxygen atoms in total. The van der Waals surface area contributed by atoms with Crippen molar-refractivity contribution in [2.75, 3.05) is 19.6 Å². The molecule has 16 heavy (non-hydrogen) atoms. The third kappa shape index (κ3) is 2.82. The van der Waals surface area contributed by atoms with E-state index in [-0.39, 0.29) is 5.69 Å². The van der Waals surface area contributed by atoms with Crippen molar-refractivity contribution >= 4 is 5.97 Å². The van der Waals surface area contributed by atoms with Gasteiger partial charge in [0.15, 0.2) is 5.69 Å². The van der Waals surface area contributed by atoms with Gasteiger partial charge in [-0.15, -0.1) is 0 Å². The van der Waals surface area contributed by atoms with E-state index in [2.05, 4.69) is 9.88 Å². The first-order chi connectivity index (χ1) is 7.75. The number of aromatic carboxylic acids is 1. The zero-order valence-corrected chi connectivity index (χ0v) is 9.30. The molecule has 1 fully saturated rings. The van der Waals surface area contributed by atoms with E-state index in [0.717, 1.165) is 13.1 Å². The van der Waals surface area contributed by atoms with Gasteiger partial charge in [-0.2, -0.15) is 0 Å². The summed E-state index contributed by atoms with van der Waals surface area (Å²) in [5.41, 5.74) is 0.124. The summed E-state index contributed by atoms with van der Waals surface area (Å²) in [6.07, 6.45) is 7.08. The molecule has 0 atom stereocenters. The number of carbonyl (C=O) groups is 1. The molecule has 1 N–H and O–H groups in total. The number of rotatable bonds is 4. The van der Waals surface area contributed by atoms with Crippen LogP contribution in [0.4, 0.5) is 0 Å². The first-order valence-electron chi connectivity index (χ1n) is 5.73. The predicted molar refractivity (Wildman–Crippen MR) is 59.5 cm³/mol. The molecule has 1 saturated heterocycles. The Kier molecular flexibility index (Phi) is 3.56. The Hall–Kier alpha value is -1.36. The third-order valence-electron chi connectivity index (χ3n) is 2.98. The molecule has 0 spiro atoms. The van der Waals surface area contributed by atoms with Gasteiger partial charge >= 0.3 is 5.97 Å². The number of imidazole rings is 1. The van der Waals surface area contributed by atoms with Gasteiger partial charge in [0.05, 0.1) is 6.33 Å². The lowest BCUT2D eigenvalue weighted by Crippen LogP contribution is -2.32. The molecule has 1 aromatic heterocycles. The summed E-state index contributed by atoms with van der Waals surface area (Å²) in [6.45, 7) is 4.14. The molecule has 2 heterocycles. The van der Waals surface area contributed by atoms with E-state index in [4.69, 9.17) is 5.11 Å². The zero-order chi connectivity index (χ0) is 11.4. The van der Waals surface area contributed by atoms with Crippen molar-refractivity contribution in [3.8, 4) is 0 Å². The minimum Gasteiger partial charge on any atom is -0.476 e. The second kappa shape index (κ2) is 5.12. The number of hydrogen-bond donors (Lipinski definition) is 1. The fourth-order valence-electron chi connectivity index (χ4n) is 2.03. The monoisotopic (exact) mass is 223 g/mol. The molecule has 1 aliphatic rings. The van der Waals surface area contributed by atoms with Gasteiger partial charge in [0, 0.05) is 19.3 Å². The van der Waals surface area contributed by atoms with Gasteiger partial charge < -0.3 is 14.6 Å². The molecule has 1 aromatic rings. The Morgan fingerprint density at radius 1 is 1.31 bits per heavy atom. The Bertz CT molecular complexity index is 356. The molecule has 0 bridgehead atoms. The molecule has 0 unspecified atom stereocenters. The van der Waals surface area contributed by atoms with Crippen LogP contribution < -0.4 is 0 Å². The molecule has 2 rings (SSSR count). The lowest BCUT2D eigenvalue weighted by molar-refractivity contribution is 0.0691. The molecule has 0 saturated carbocycles. The highest BCUT2D eigenvalue weighted by molar-refractivity contribution is 5.84. The van der Waals surface area contributed by atoms with Gasteiger partial charge in [-0.3, -0.25) is 0 Å². The number of aromatic nitrogens is 2. The van der Waals surface area contributed by atoms with E-state index in [1.165, 1.54) is 32.4 Å². The molecule has 1 aliphatic heterocycles. The number of piperidine rings is 1. The van der Waals surface area contributed by atoms with Crippen LogP contribution in [0.25, 0.3) is 0 Å². The highest BCUT2D eigenvalue weighted by Crippen LogP contribution is 2.08. The van der Waals surface area contributed by atoms with Gasteiger partial charge in [0.2, 0.25) is 0 Å². The van der Waals surface area contributed by atoms with Crippen molar-refractivity contribution in [2.45, 2.75) is 25.8 Å². The molecule has 0 aromatic carbocycles. The standard InChI is InChI=1S/C11H17N3O2/c15-11(16)10-8-14(9-12-10)7-6-13-4-2-1-3-5-13/h8-9H,1-7H2,(H,15,16). The quantitative estimate of drug-likeness (QED) is 0.829. The Labute approximate surface area is 94.7 Å². The average molecular weight is 223 g/mol. The Morgan fingerprint density at radius 3 is 2.69 bits per heavy atom. The maximum absolute atomic E-state index is 10.6. The molecule has 5 heteroatoms. The van der Waals surface area contributed by atoms with E-state index in [1.54, 1.807) is 12.5 Å². The van der Waals surface area contributed by atoms with Gasteiger partial charge in [-0.05, 0) is 25.9 Å². The topological polar surface area (TPSA) is 58.4 Å². The van der Waals surface area contributed by atoms with Crippen molar-refractivity contribution in [1.29, 1.82) is 0 Å². The fourth-order valence-corrected chi connectivity index (χ4v) is 2.03. The number of nitrogens with zero attached hydrogens (tertiary/aromatic N) is 3. The van der Waals surface area contributed by atoms with E-state index >= 15 is 0 Å². The molecule has 0 radical (unpaired) electrons. The van der Waals surface area contributed by atoms with Crippen molar-refractivity contribution in [3.05, 3.63) is 18.2 Å². The van der Waals surface area contributed by atoms with Crippen LogP contribution in [0.2, 0.25) is 0 Å². The lowest BCUT2D eigenvalue weighted by atomic mass is 10.1. The first-order valence-corrected chi connectivity index (χ1v) is 5.73. The van der Waals surface area contributed by atoms with Crippen LogP contribution >= 0.6 is 0 Å².